The molecule has 0 spiro atoms. The minimum atomic E-state index is -2.07. The molecule has 4 heteroatoms. The highest BCUT2D eigenvalue weighted by molar-refractivity contribution is 7.02. The first-order valence-electron chi connectivity index (χ1n) is 18.0. The smallest absolute Gasteiger partial charge is 0.427 e. The summed E-state index contributed by atoms with van der Waals surface area (Å²) in [6.45, 7) is 11.4. The summed E-state index contributed by atoms with van der Waals surface area (Å²) in [5.41, 5.74) is 17.2. The maximum absolute atomic E-state index is 6.89. The molecule has 9 rings (SSSR count). The number of fused-ring (bicyclic) bond motifs is 5. The van der Waals surface area contributed by atoms with Gasteiger partial charge in [-0.25, -0.2) is 0 Å². The molecular weight excluding hydrogens is 633 g/mol. The Hall–Kier alpha value is -5.58. The number of hydrogen-bond acceptors (Lipinski definition) is 2. The molecule has 7 aromatic carbocycles. The van der Waals surface area contributed by atoms with Gasteiger partial charge in [0.05, 0.1) is 0 Å². The number of rotatable bonds is 4. The van der Waals surface area contributed by atoms with Crippen LogP contribution in [0.25, 0.3) is 33.4 Å². The Balaban J connectivity index is 1.30. The molecule has 0 fully saturated rings. The van der Waals surface area contributed by atoms with Crippen molar-refractivity contribution in [2.75, 3.05) is 4.90 Å². The van der Waals surface area contributed by atoms with Crippen LogP contribution in [0.4, 0.5) is 17.1 Å². The van der Waals surface area contributed by atoms with E-state index in [1.54, 1.807) is 0 Å². The molecule has 51 heavy (non-hydrogen) atoms. The van der Waals surface area contributed by atoms with Crippen molar-refractivity contribution in [1.29, 1.82) is 0 Å². The third-order valence-electron chi connectivity index (χ3n) is 11.0. The van der Waals surface area contributed by atoms with E-state index in [2.05, 4.69) is 190 Å². The van der Waals surface area contributed by atoms with Gasteiger partial charge in [0, 0.05) is 22.6 Å². The third kappa shape index (κ3) is 5.16. The molecule has 0 radical (unpaired) electrons. The van der Waals surface area contributed by atoms with E-state index in [4.69, 9.17) is 4.65 Å². The highest BCUT2D eigenvalue weighted by Gasteiger charge is 2.40. The van der Waals surface area contributed by atoms with Gasteiger partial charge in [-0.3, -0.25) is 0 Å². The fraction of sp³-hybridized carbons (Fsp3) is 0.106. The molecule has 246 valence electrons. The largest absolute Gasteiger partial charge is 0.551 e. The molecule has 0 saturated carbocycles. The quantitative estimate of drug-likeness (QED) is 0.173. The molecule has 7 aromatic rings. The van der Waals surface area contributed by atoms with Crippen LogP contribution in [0.2, 0.25) is 13.1 Å². The van der Waals surface area contributed by atoms with E-state index < -0.39 is 8.07 Å². The minimum Gasteiger partial charge on any atom is -0.551 e. The number of aryl methyl sites for hydroxylation is 3. The van der Waals surface area contributed by atoms with Crippen LogP contribution in [0.15, 0.2) is 152 Å². The summed E-state index contributed by atoms with van der Waals surface area (Å²) in [5, 5.41) is 2.90. The molecule has 0 aliphatic carbocycles. The van der Waals surface area contributed by atoms with E-state index >= 15 is 0 Å². The standard InChI is InChI=1S/C47H40BNOSi/c1-31-26-32(2)47(33(3)27-31)48-41-23-22-38(30-40(41)39-18-12-13-19-44(39)50-48)49-42-28-36(34-14-8-6-9-15-34)20-24-45(42)51(4,5)46-25-21-37(29-43(46)49)35-16-10-7-11-17-35/h6-30H,1-5H3. The van der Waals surface area contributed by atoms with Crippen molar-refractivity contribution in [3.63, 3.8) is 0 Å². The number of nitrogens with zero attached hydrogens (tertiary/aromatic N) is 1. The maximum Gasteiger partial charge on any atom is 0.427 e. The second-order valence-corrected chi connectivity index (χ2v) is 19.1. The van der Waals surface area contributed by atoms with Crippen LogP contribution in [0, 0.1) is 20.8 Å². The summed E-state index contributed by atoms with van der Waals surface area (Å²) in [5.74, 6) is 0.928. The van der Waals surface area contributed by atoms with Gasteiger partial charge >= 0.3 is 6.92 Å². The van der Waals surface area contributed by atoms with Crippen molar-refractivity contribution in [2.24, 2.45) is 0 Å². The summed E-state index contributed by atoms with van der Waals surface area (Å²) in [7, 11) is -2.07. The fourth-order valence-corrected chi connectivity index (χ4v) is 11.5. The molecular formula is C47H40BNOSi. The monoisotopic (exact) mass is 673 g/mol. The normalized spacial score (nSPS) is 13.8. The number of para-hydroxylation sites is 1. The Morgan fingerprint density at radius 1 is 0.510 bits per heavy atom. The molecule has 0 aromatic heterocycles. The molecule has 2 heterocycles. The fourth-order valence-electron chi connectivity index (χ4n) is 8.61. The lowest BCUT2D eigenvalue weighted by Crippen LogP contribution is -2.58. The van der Waals surface area contributed by atoms with E-state index in [9.17, 15) is 0 Å². The molecule has 2 aliphatic heterocycles. The van der Waals surface area contributed by atoms with Crippen molar-refractivity contribution in [3.8, 4) is 39.1 Å². The molecule has 2 nitrogen and oxygen atoms in total. The summed E-state index contributed by atoms with van der Waals surface area (Å²) in [4.78, 5) is 2.54. The highest BCUT2D eigenvalue weighted by Crippen LogP contribution is 2.43. The molecule has 0 amide bonds. The van der Waals surface area contributed by atoms with Gasteiger partial charge < -0.3 is 9.55 Å². The average molecular weight is 674 g/mol. The van der Waals surface area contributed by atoms with E-state index in [0.717, 1.165) is 17.0 Å². The Morgan fingerprint density at radius 2 is 1.06 bits per heavy atom. The lowest BCUT2D eigenvalue weighted by atomic mass is 9.50. The summed E-state index contributed by atoms with van der Waals surface area (Å²) >= 11 is 0. The number of anilines is 3. The van der Waals surface area contributed by atoms with Crippen LogP contribution in [-0.4, -0.2) is 15.0 Å². The van der Waals surface area contributed by atoms with Gasteiger partial charge in [0.2, 0.25) is 0 Å². The lowest BCUT2D eigenvalue weighted by Gasteiger charge is -2.42. The van der Waals surface area contributed by atoms with Gasteiger partial charge in [-0.15, -0.1) is 0 Å². The van der Waals surface area contributed by atoms with Crippen molar-refractivity contribution in [3.05, 3.63) is 168 Å². The van der Waals surface area contributed by atoms with Crippen molar-refractivity contribution in [2.45, 2.75) is 33.9 Å². The minimum absolute atomic E-state index is 0.189. The van der Waals surface area contributed by atoms with Crippen molar-refractivity contribution >= 4 is 53.4 Å². The van der Waals surface area contributed by atoms with Crippen LogP contribution in [0.3, 0.4) is 0 Å². The van der Waals surface area contributed by atoms with Gasteiger partial charge in [0.1, 0.15) is 13.8 Å². The number of benzene rings is 7. The summed E-state index contributed by atoms with van der Waals surface area (Å²) in [6.07, 6.45) is 0. The summed E-state index contributed by atoms with van der Waals surface area (Å²) in [6, 6.07) is 56.0. The average Bonchev–Trinajstić information content (AvgIpc) is 3.15. The van der Waals surface area contributed by atoms with Crippen molar-refractivity contribution < 1.29 is 4.65 Å². The Bertz CT molecular complexity index is 2360. The Kier molecular flexibility index (Phi) is 7.41. The molecule has 0 unspecified atom stereocenters. The van der Waals surface area contributed by atoms with Gasteiger partial charge in [0.15, 0.2) is 0 Å². The first-order valence-corrected chi connectivity index (χ1v) is 21.0. The van der Waals surface area contributed by atoms with Gasteiger partial charge in [-0.2, -0.15) is 0 Å². The maximum atomic E-state index is 6.89. The Labute approximate surface area is 303 Å². The van der Waals surface area contributed by atoms with Crippen LogP contribution in [0.1, 0.15) is 16.7 Å². The van der Waals surface area contributed by atoms with Crippen LogP contribution < -0.4 is 30.9 Å². The molecule has 0 bridgehead atoms. The lowest BCUT2D eigenvalue weighted by molar-refractivity contribution is 0.590. The van der Waals surface area contributed by atoms with Crippen LogP contribution in [-0.2, 0) is 0 Å². The predicted molar refractivity (Wildman–Crippen MR) is 220 cm³/mol. The zero-order valence-corrected chi connectivity index (χ0v) is 30.9. The third-order valence-corrected chi connectivity index (χ3v) is 14.6. The first-order chi connectivity index (χ1) is 24.8. The van der Waals surface area contributed by atoms with E-state index in [1.165, 1.54) is 77.2 Å². The van der Waals surface area contributed by atoms with Crippen LogP contribution in [0.5, 0.6) is 5.75 Å². The summed E-state index contributed by atoms with van der Waals surface area (Å²) < 4.78 is 6.89. The second kappa shape index (κ2) is 12.0. The molecule has 0 saturated heterocycles. The molecule has 2 aliphatic rings. The highest BCUT2D eigenvalue weighted by atomic mass is 28.3. The van der Waals surface area contributed by atoms with Gasteiger partial charge in [0.25, 0.3) is 0 Å². The Morgan fingerprint density at radius 3 is 1.65 bits per heavy atom. The van der Waals surface area contributed by atoms with Crippen molar-refractivity contribution in [1.82, 2.24) is 0 Å². The molecule has 0 atom stereocenters. The SMILES string of the molecule is Cc1cc(C)c(B2Oc3ccccc3-c3cc(N4c5cc(-c6ccccc6)ccc5[Si](C)(C)c5ccc(-c6ccccc6)cc54)ccc32)c(C)c1. The van der Waals surface area contributed by atoms with Gasteiger partial charge in [-0.05, 0) is 100 Å². The predicted octanol–water partition coefficient (Wildman–Crippen LogP) is 9.72. The van der Waals surface area contributed by atoms with Crippen LogP contribution >= 0.6 is 0 Å². The number of hydrogen-bond donors (Lipinski definition) is 0. The first kappa shape index (κ1) is 31.4. The topological polar surface area (TPSA) is 12.5 Å². The molecule has 0 N–H and O–H groups in total. The zero-order chi connectivity index (χ0) is 34.9. The van der Waals surface area contributed by atoms with E-state index in [1.807, 2.05) is 0 Å². The van der Waals surface area contributed by atoms with E-state index in [-0.39, 0.29) is 6.92 Å². The second-order valence-electron chi connectivity index (χ2n) is 14.7. The van der Waals surface area contributed by atoms with Gasteiger partial charge in [-0.1, -0.05) is 151 Å². The zero-order valence-electron chi connectivity index (χ0n) is 29.9. The van der Waals surface area contributed by atoms with E-state index in [0.29, 0.717) is 0 Å².